The van der Waals surface area contributed by atoms with Gasteiger partial charge in [0, 0.05) is 6.04 Å². The molecule has 0 saturated carbocycles. The number of hydrogen-bond donors (Lipinski definition) is 1. The molecule has 140 valence electrons. The Morgan fingerprint density at radius 1 is 0.962 bits per heavy atom. The molecule has 0 aromatic heterocycles. The van der Waals surface area contributed by atoms with Crippen LogP contribution >= 0.6 is 0 Å². The van der Waals surface area contributed by atoms with Crippen LogP contribution in [0, 0.1) is 0 Å². The van der Waals surface area contributed by atoms with Gasteiger partial charge in [0.1, 0.15) is 17.5 Å². The van der Waals surface area contributed by atoms with E-state index in [1.807, 2.05) is 44.2 Å². The maximum atomic E-state index is 12.3. The number of rotatable bonds is 7. The van der Waals surface area contributed by atoms with Crippen molar-refractivity contribution in [2.75, 3.05) is 10.6 Å². The first-order valence-electron chi connectivity index (χ1n) is 8.31. The third-order valence-corrected chi connectivity index (χ3v) is 4.83. The van der Waals surface area contributed by atoms with Crippen LogP contribution < -0.4 is 14.4 Å². The van der Waals surface area contributed by atoms with Crippen molar-refractivity contribution in [1.82, 2.24) is 5.32 Å². The average Bonchev–Trinajstić information content (AvgIpc) is 2.55. The van der Waals surface area contributed by atoms with Crippen molar-refractivity contribution in [3.8, 4) is 11.5 Å². The first kappa shape index (κ1) is 19.8. The standard InChI is InChI=1S/C19H24N2O4S/c1-14(2)20-19(22)15(3)21(26(4,23)24)16-10-12-18(13-11-16)25-17-8-6-5-7-9-17/h5-15H,1-4H3,(H,20,22)/t15-/m0/s1. The molecule has 0 heterocycles. The van der Waals surface area contributed by atoms with Crippen LogP contribution in [0.1, 0.15) is 20.8 Å². The van der Waals surface area contributed by atoms with Gasteiger partial charge in [0.2, 0.25) is 15.9 Å². The van der Waals surface area contributed by atoms with Gasteiger partial charge >= 0.3 is 0 Å². The Morgan fingerprint density at radius 2 is 1.50 bits per heavy atom. The molecule has 0 unspecified atom stereocenters. The molecule has 2 aromatic carbocycles. The summed E-state index contributed by atoms with van der Waals surface area (Å²) < 4.78 is 31.3. The van der Waals surface area contributed by atoms with Crippen molar-refractivity contribution < 1.29 is 17.9 Å². The predicted molar refractivity (Wildman–Crippen MR) is 103 cm³/mol. The van der Waals surface area contributed by atoms with E-state index < -0.39 is 16.1 Å². The van der Waals surface area contributed by atoms with E-state index in [4.69, 9.17) is 4.74 Å². The van der Waals surface area contributed by atoms with Crippen LogP contribution in [0.3, 0.4) is 0 Å². The number of amides is 1. The molecule has 26 heavy (non-hydrogen) atoms. The van der Waals surface area contributed by atoms with E-state index in [1.54, 1.807) is 31.2 Å². The number of benzene rings is 2. The molecule has 6 nitrogen and oxygen atoms in total. The minimum absolute atomic E-state index is 0.0759. The lowest BCUT2D eigenvalue weighted by molar-refractivity contribution is -0.122. The number of para-hydroxylation sites is 1. The Hall–Kier alpha value is -2.54. The fourth-order valence-electron chi connectivity index (χ4n) is 2.50. The highest BCUT2D eigenvalue weighted by molar-refractivity contribution is 7.92. The summed E-state index contributed by atoms with van der Waals surface area (Å²) in [5, 5.41) is 2.74. The van der Waals surface area contributed by atoms with Crippen molar-refractivity contribution in [3.63, 3.8) is 0 Å². The number of carbonyl (C=O) groups is 1. The Bertz CT molecular complexity index is 834. The highest BCUT2D eigenvalue weighted by Gasteiger charge is 2.29. The third kappa shape index (κ3) is 5.23. The lowest BCUT2D eigenvalue weighted by atomic mass is 10.2. The van der Waals surface area contributed by atoms with Crippen LogP contribution in [0.5, 0.6) is 11.5 Å². The highest BCUT2D eigenvalue weighted by Crippen LogP contribution is 2.26. The quantitative estimate of drug-likeness (QED) is 0.805. The number of nitrogens with zero attached hydrogens (tertiary/aromatic N) is 1. The predicted octanol–water partition coefficient (Wildman–Crippen LogP) is 3.16. The van der Waals surface area contributed by atoms with Crippen LogP contribution in [0.15, 0.2) is 54.6 Å². The monoisotopic (exact) mass is 376 g/mol. The molecule has 0 saturated heterocycles. The Balaban J connectivity index is 2.25. The van der Waals surface area contributed by atoms with E-state index in [-0.39, 0.29) is 11.9 Å². The Morgan fingerprint density at radius 3 is 2.00 bits per heavy atom. The molecular formula is C19H24N2O4S. The Labute approximate surface area is 154 Å². The number of hydrogen-bond acceptors (Lipinski definition) is 4. The van der Waals surface area contributed by atoms with Crippen molar-refractivity contribution >= 4 is 21.6 Å². The van der Waals surface area contributed by atoms with Crippen LogP contribution in [-0.4, -0.2) is 32.7 Å². The van der Waals surface area contributed by atoms with E-state index in [9.17, 15) is 13.2 Å². The molecule has 1 atom stereocenters. The number of nitrogens with one attached hydrogen (secondary N) is 1. The van der Waals surface area contributed by atoms with Crippen molar-refractivity contribution in [1.29, 1.82) is 0 Å². The van der Waals surface area contributed by atoms with Gasteiger partial charge in [-0.2, -0.15) is 0 Å². The molecular weight excluding hydrogens is 352 g/mol. The zero-order valence-electron chi connectivity index (χ0n) is 15.3. The van der Waals surface area contributed by atoms with Gasteiger partial charge in [-0.3, -0.25) is 9.10 Å². The molecule has 0 bridgehead atoms. The lowest BCUT2D eigenvalue weighted by Gasteiger charge is -2.29. The molecule has 0 aliphatic carbocycles. The molecule has 2 rings (SSSR count). The molecule has 1 N–H and O–H groups in total. The number of anilines is 1. The summed E-state index contributed by atoms with van der Waals surface area (Å²) >= 11 is 0. The summed E-state index contributed by atoms with van der Waals surface area (Å²) in [6, 6.07) is 14.9. The van der Waals surface area contributed by atoms with Crippen molar-refractivity contribution in [3.05, 3.63) is 54.6 Å². The number of ether oxygens (including phenoxy) is 1. The third-order valence-electron chi connectivity index (χ3n) is 3.59. The fourth-order valence-corrected chi connectivity index (χ4v) is 3.67. The van der Waals surface area contributed by atoms with E-state index in [0.29, 0.717) is 17.2 Å². The molecule has 0 spiro atoms. The summed E-state index contributed by atoms with van der Waals surface area (Å²) in [6.45, 7) is 5.21. The Kier molecular flexibility index (Phi) is 6.26. The molecule has 0 radical (unpaired) electrons. The average molecular weight is 376 g/mol. The summed E-state index contributed by atoms with van der Waals surface area (Å²) in [4.78, 5) is 12.3. The second-order valence-corrected chi connectivity index (χ2v) is 8.17. The normalized spacial score (nSPS) is 12.5. The van der Waals surface area contributed by atoms with Gasteiger partial charge in [0.25, 0.3) is 0 Å². The molecule has 0 aliphatic rings. The smallest absolute Gasteiger partial charge is 0.243 e. The van der Waals surface area contributed by atoms with Gasteiger partial charge in [-0.1, -0.05) is 18.2 Å². The molecule has 7 heteroatoms. The molecule has 2 aromatic rings. The molecule has 1 amide bonds. The first-order chi connectivity index (χ1) is 12.2. The van der Waals surface area contributed by atoms with Gasteiger partial charge in [0.15, 0.2) is 0 Å². The van der Waals surface area contributed by atoms with Crippen LogP contribution in [0.4, 0.5) is 5.69 Å². The molecule has 0 aliphatic heterocycles. The highest BCUT2D eigenvalue weighted by atomic mass is 32.2. The summed E-state index contributed by atoms with van der Waals surface area (Å²) in [5.41, 5.74) is 0.402. The number of carbonyl (C=O) groups excluding carboxylic acids is 1. The fraction of sp³-hybridized carbons (Fsp3) is 0.316. The van der Waals surface area contributed by atoms with Crippen LogP contribution in [0.2, 0.25) is 0 Å². The first-order valence-corrected chi connectivity index (χ1v) is 10.2. The number of sulfonamides is 1. The summed E-state index contributed by atoms with van der Waals surface area (Å²) in [7, 11) is -3.64. The lowest BCUT2D eigenvalue weighted by Crippen LogP contribution is -2.49. The van der Waals surface area contributed by atoms with E-state index in [0.717, 1.165) is 10.6 Å². The van der Waals surface area contributed by atoms with Crippen LogP contribution in [-0.2, 0) is 14.8 Å². The van der Waals surface area contributed by atoms with Crippen LogP contribution in [0.25, 0.3) is 0 Å². The summed E-state index contributed by atoms with van der Waals surface area (Å²) in [5.74, 6) is 0.910. The molecule has 0 fully saturated rings. The van der Waals surface area contributed by atoms with Gasteiger partial charge in [-0.05, 0) is 57.2 Å². The van der Waals surface area contributed by atoms with Gasteiger partial charge in [-0.25, -0.2) is 8.42 Å². The topological polar surface area (TPSA) is 75.7 Å². The van der Waals surface area contributed by atoms with Crippen molar-refractivity contribution in [2.45, 2.75) is 32.9 Å². The maximum Gasteiger partial charge on any atom is 0.243 e. The van der Waals surface area contributed by atoms with E-state index in [2.05, 4.69) is 5.32 Å². The SMILES string of the molecule is CC(C)NC(=O)[C@H](C)N(c1ccc(Oc2ccccc2)cc1)S(C)(=O)=O. The minimum Gasteiger partial charge on any atom is -0.457 e. The summed E-state index contributed by atoms with van der Waals surface area (Å²) in [6.07, 6.45) is 1.08. The minimum atomic E-state index is -3.64. The van der Waals surface area contributed by atoms with Gasteiger partial charge in [0.05, 0.1) is 11.9 Å². The van der Waals surface area contributed by atoms with Gasteiger partial charge < -0.3 is 10.1 Å². The second-order valence-electron chi connectivity index (χ2n) is 6.31. The zero-order chi connectivity index (χ0) is 19.3. The second kappa shape index (κ2) is 8.23. The maximum absolute atomic E-state index is 12.3. The largest absolute Gasteiger partial charge is 0.457 e. The van der Waals surface area contributed by atoms with E-state index >= 15 is 0 Å². The zero-order valence-corrected chi connectivity index (χ0v) is 16.2. The van der Waals surface area contributed by atoms with Crippen molar-refractivity contribution in [2.24, 2.45) is 0 Å². The van der Waals surface area contributed by atoms with E-state index in [1.165, 1.54) is 0 Å². The van der Waals surface area contributed by atoms with Gasteiger partial charge in [-0.15, -0.1) is 0 Å².